The Morgan fingerprint density at radius 1 is 1.25 bits per heavy atom. The molecule has 0 bridgehead atoms. The van der Waals surface area contributed by atoms with Gasteiger partial charge in [-0.1, -0.05) is 6.42 Å². The van der Waals surface area contributed by atoms with E-state index >= 15 is 0 Å². The zero-order chi connectivity index (χ0) is 14.6. The van der Waals surface area contributed by atoms with Gasteiger partial charge in [0, 0.05) is 18.3 Å². The molecule has 0 amide bonds. The van der Waals surface area contributed by atoms with Crippen molar-refractivity contribution in [3.8, 4) is 0 Å². The lowest BCUT2D eigenvalue weighted by Crippen LogP contribution is -2.30. The predicted molar refractivity (Wildman–Crippen MR) is 81.1 cm³/mol. The van der Waals surface area contributed by atoms with Crippen LogP contribution in [-0.4, -0.2) is 28.1 Å². The quantitative estimate of drug-likeness (QED) is 0.769. The molecule has 20 heavy (non-hydrogen) atoms. The van der Waals surface area contributed by atoms with Gasteiger partial charge in [0.05, 0.1) is 4.90 Å². The Labute approximate surface area is 121 Å². The molecule has 4 N–H and O–H groups in total. The second-order valence-electron chi connectivity index (χ2n) is 5.41. The van der Waals surface area contributed by atoms with Crippen molar-refractivity contribution < 1.29 is 8.42 Å². The standard InChI is InChI=1S/C14H23N3O2S/c1-16-20(18,19)14-7-5-13(6-8-14)17-10-11-3-2-4-12(15)9-11/h5-8,11-12,16-17H,2-4,9-10,15H2,1H3. The van der Waals surface area contributed by atoms with Gasteiger partial charge in [-0.15, -0.1) is 0 Å². The highest BCUT2D eigenvalue weighted by Crippen LogP contribution is 2.23. The Morgan fingerprint density at radius 3 is 2.55 bits per heavy atom. The van der Waals surface area contributed by atoms with Crippen molar-refractivity contribution in [1.82, 2.24) is 4.72 Å². The van der Waals surface area contributed by atoms with Crippen LogP contribution in [0.4, 0.5) is 5.69 Å². The number of sulfonamides is 1. The summed E-state index contributed by atoms with van der Waals surface area (Å²) in [5.41, 5.74) is 6.92. The number of hydrogen-bond acceptors (Lipinski definition) is 4. The van der Waals surface area contributed by atoms with Gasteiger partial charge in [-0.2, -0.15) is 0 Å². The van der Waals surface area contributed by atoms with Crippen LogP contribution in [0.5, 0.6) is 0 Å². The molecule has 0 aromatic heterocycles. The monoisotopic (exact) mass is 297 g/mol. The molecule has 1 aromatic carbocycles. The predicted octanol–water partition coefficient (Wildman–Crippen LogP) is 1.52. The van der Waals surface area contributed by atoms with Crippen LogP contribution in [0.15, 0.2) is 29.2 Å². The van der Waals surface area contributed by atoms with Gasteiger partial charge in [0.25, 0.3) is 0 Å². The maximum atomic E-state index is 11.6. The number of anilines is 1. The molecule has 0 radical (unpaired) electrons. The van der Waals surface area contributed by atoms with E-state index in [4.69, 9.17) is 5.73 Å². The summed E-state index contributed by atoms with van der Waals surface area (Å²) in [6.07, 6.45) is 4.62. The van der Waals surface area contributed by atoms with Crippen LogP contribution in [-0.2, 0) is 10.0 Å². The summed E-state index contributed by atoms with van der Waals surface area (Å²) in [7, 11) is -1.94. The first kappa shape index (κ1) is 15.3. The van der Waals surface area contributed by atoms with E-state index in [9.17, 15) is 8.42 Å². The summed E-state index contributed by atoms with van der Waals surface area (Å²) >= 11 is 0. The Balaban J connectivity index is 1.91. The van der Waals surface area contributed by atoms with E-state index < -0.39 is 10.0 Å². The summed E-state index contributed by atoms with van der Waals surface area (Å²) in [5, 5.41) is 3.36. The fraction of sp³-hybridized carbons (Fsp3) is 0.571. The first-order valence-electron chi connectivity index (χ1n) is 7.04. The van der Waals surface area contributed by atoms with Gasteiger partial charge in [-0.3, -0.25) is 0 Å². The molecule has 0 saturated heterocycles. The number of nitrogens with two attached hydrogens (primary N) is 1. The molecule has 2 rings (SSSR count). The molecule has 0 heterocycles. The van der Waals surface area contributed by atoms with Gasteiger partial charge in [-0.05, 0) is 56.5 Å². The molecule has 2 unspecified atom stereocenters. The molecule has 6 heteroatoms. The van der Waals surface area contributed by atoms with Crippen LogP contribution in [0.2, 0.25) is 0 Å². The maximum absolute atomic E-state index is 11.6. The lowest BCUT2D eigenvalue weighted by molar-refractivity contribution is 0.335. The van der Waals surface area contributed by atoms with Crippen molar-refractivity contribution in [2.45, 2.75) is 36.6 Å². The van der Waals surface area contributed by atoms with E-state index in [2.05, 4.69) is 10.0 Å². The smallest absolute Gasteiger partial charge is 0.240 e. The van der Waals surface area contributed by atoms with Crippen molar-refractivity contribution in [2.75, 3.05) is 18.9 Å². The van der Waals surface area contributed by atoms with Crippen molar-refractivity contribution in [3.05, 3.63) is 24.3 Å². The van der Waals surface area contributed by atoms with E-state index in [1.54, 1.807) is 24.3 Å². The fourth-order valence-electron chi connectivity index (χ4n) is 2.65. The molecule has 1 saturated carbocycles. The number of hydrogen-bond donors (Lipinski definition) is 3. The molecule has 1 aliphatic rings. The average Bonchev–Trinajstić information content (AvgIpc) is 2.46. The topological polar surface area (TPSA) is 84.2 Å². The number of benzene rings is 1. The SMILES string of the molecule is CNS(=O)(=O)c1ccc(NCC2CCCC(N)C2)cc1. The van der Waals surface area contributed by atoms with Crippen LogP contribution in [0, 0.1) is 5.92 Å². The van der Waals surface area contributed by atoms with Crippen molar-refractivity contribution in [3.63, 3.8) is 0 Å². The normalized spacial score (nSPS) is 23.5. The Bertz CT molecular complexity index is 528. The van der Waals surface area contributed by atoms with Crippen molar-refractivity contribution >= 4 is 15.7 Å². The van der Waals surface area contributed by atoms with Gasteiger partial charge in [0.1, 0.15) is 0 Å². The summed E-state index contributed by atoms with van der Waals surface area (Å²) < 4.78 is 25.5. The van der Waals surface area contributed by atoms with Crippen LogP contribution >= 0.6 is 0 Å². The summed E-state index contributed by atoms with van der Waals surface area (Å²) in [6, 6.07) is 7.15. The van der Waals surface area contributed by atoms with Crippen LogP contribution < -0.4 is 15.8 Å². The highest BCUT2D eigenvalue weighted by Gasteiger charge is 2.18. The van der Waals surface area contributed by atoms with Crippen LogP contribution in [0.3, 0.4) is 0 Å². The second-order valence-corrected chi connectivity index (χ2v) is 7.29. The Hall–Kier alpha value is -1.11. The van der Waals surface area contributed by atoms with Crippen LogP contribution in [0.1, 0.15) is 25.7 Å². The fourth-order valence-corrected chi connectivity index (χ4v) is 3.38. The molecule has 112 valence electrons. The molecule has 0 spiro atoms. The zero-order valence-corrected chi connectivity index (χ0v) is 12.6. The third-order valence-electron chi connectivity index (χ3n) is 3.85. The third-order valence-corrected chi connectivity index (χ3v) is 5.28. The summed E-state index contributed by atoms with van der Waals surface area (Å²) in [5.74, 6) is 0.611. The summed E-state index contributed by atoms with van der Waals surface area (Å²) in [6.45, 7) is 0.895. The molecular weight excluding hydrogens is 274 g/mol. The minimum atomic E-state index is -3.35. The molecule has 1 aliphatic carbocycles. The Kier molecular flexibility index (Phi) is 5.01. The largest absolute Gasteiger partial charge is 0.385 e. The van der Waals surface area contributed by atoms with E-state index in [0.29, 0.717) is 12.0 Å². The minimum Gasteiger partial charge on any atom is -0.385 e. The van der Waals surface area contributed by atoms with Gasteiger partial charge in [0.2, 0.25) is 10.0 Å². The van der Waals surface area contributed by atoms with E-state index in [1.807, 2.05) is 0 Å². The van der Waals surface area contributed by atoms with Gasteiger partial charge < -0.3 is 11.1 Å². The highest BCUT2D eigenvalue weighted by molar-refractivity contribution is 7.89. The second kappa shape index (κ2) is 6.56. The molecule has 1 fully saturated rings. The lowest BCUT2D eigenvalue weighted by atomic mass is 9.86. The van der Waals surface area contributed by atoms with E-state index in [-0.39, 0.29) is 4.90 Å². The average molecular weight is 297 g/mol. The van der Waals surface area contributed by atoms with Gasteiger partial charge in [-0.25, -0.2) is 13.1 Å². The molecule has 1 aromatic rings. The van der Waals surface area contributed by atoms with Crippen molar-refractivity contribution in [1.29, 1.82) is 0 Å². The Morgan fingerprint density at radius 2 is 1.95 bits per heavy atom. The molecule has 2 atom stereocenters. The summed E-state index contributed by atoms with van der Waals surface area (Å²) in [4.78, 5) is 0.283. The first-order valence-corrected chi connectivity index (χ1v) is 8.52. The first-order chi connectivity index (χ1) is 9.51. The number of rotatable bonds is 5. The van der Waals surface area contributed by atoms with E-state index in [0.717, 1.165) is 25.1 Å². The molecule has 0 aliphatic heterocycles. The van der Waals surface area contributed by atoms with E-state index in [1.165, 1.54) is 19.9 Å². The minimum absolute atomic E-state index is 0.283. The van der Waals surface area contributed by atoms with Gasteiger partial charge in [0.15, 0.2) is 0 Å². The zero-order valence-electron chi connectivity index (χ0n) is 11.8. The lowest BCUT2D eigenvalue weighted by Gasteiger charge is -2.27. The molecule has 5 nitrogen and oxygen atoms in total. The van der Waals surface area contributed by atoms with Gasteiger partial charge >= 0.3 is 0 Å². The maximum Gasteiger partial charge on any atom is 0.240 e. The number of nitrogens with one attached hydrogen (secondary N) is 2. The van der Waals surface area contributed by atoms with Crippen LogP contribution in [0.25, 0.3) is 0 Å². The highest BCUT2D eigenvalue weighted by atomic mass is 32.2. The van der Waals surface area contributed by atoms with Crippen molar-refractivity contribution in [2.24, 2.45) is 11.7 Å². The third kappa shape index (κ3) is 3.94. The molecular formula is C14H23N3O2S.